The predicted molar refractivity (Wildman–Crippen MR) is 59.7 cm³/mol. The van der Waals surface area contributed by atoms with E-state index in [4.69, 9.17) is 0 Å². The third kappa shape index (κ3) is 2.31. The number of hydrogen-bond acceptors (Lipinski definition) is 1. The maximum absolute atomic E-state index is 12.8. The van der Waals surface area contributed by atoms with Gasteiger partial charge in [0.15, 0.2) is 0 Å². The van der Waals surface area contributed by atoms with Gasteiger partial charge in [-0.1, -0.05) is 6.07 Å². The van der Waals surface area contributed by atoms with E-state index in [-0.39, 0.29) is 10.0 Å². The first-order valence-electron chi connectivity index (χ1n) is 5.06. The van der Waals surface area contributed by atoms with Crippen molar-refractivity contribution >= 4 is 21.8 Å². The summed E-state index contributed by atoms with van der Waals surface area (Å²) in [5, 5.41) is 0. The number of carbonyl (C=O) groups excluding carboxylic acids is 1. The molecule has 6 heteroatoms. The summed E-state index contributed by atoms with van der Waals surface area (Å²) in [4.78, 5) is 13.3. The molecular weight excluding hydrogens is 299 g/mol. The second-order valence-corrected chi connectivity index (χ2v) is 4.66. The average Bonchev–Trinajstić information content (AvgIpc) is 2.12. The summed E-state index contributed by atoms with van der Waals surface area (Å²) < 4.78 is 38.5. The molecule has 1 saturated heterocycles. The lowest BCUT2D eigenvalue weighted by molar-refractivity contribution is -0.138. The van der Waals surface area contributed by atoms with Crippen molar-refractivity contribution in [1.82, 2.24) is 4.90 Å². The number of benzene rings is 1. The van der Waals surface area contributed by atoms with Gasteiger partial charge in [-0.05, 0) is 34.5 Å². The number of amides is 1. The van der Waals surface area contributed by atoms with E-state index in [1.165, 1.54) is 17.0 Å². The number of hydrogen-bond donors (Lipinski definition) is 0. The van der Waals surface area contributed by atoms with Crippen molar-refractivity contribution in [1.29, 1.82) is 0 Å². The molecule has 1 aromatic rings. The fraction of sp³-hybridized carbons (Fsp3) is 0.364. The standard InChI is InChI=1S/C11H9BrF3NO/c12-8-4-1-3-7(11(13,14)15)9(8)10(17)16-5-2-6-16/h1,3-4H,2,5-6H2. The van der Waals surface area contributed by atoms with Crippen molar-refractivity contribution < 1.29 is 18.0 Å². The second-order valence-electron chi connectivity index (χ2n) is 3.81. The van der Waals surface area contributed by atoms with Gasteiger partial charge < -0.3 is 4.90 Å². The molecule has 92 valence electrons. The molecule has 0 aliphatic carbocycles. The van der Waals surface area contributed by atoms with Crippen LogP contribution in [0.5, 0.6) is 0 Å². The Morgan fingerprint density at radius 2 is 1.94 bits per heavy atom. The highest BCUT2D eigenvalue weighted by atomic mass is 79.9. The SMILES string of the molecule is O=C(c1c(Br)cccc1C(F)(F)F)N1CCC1. The molecule has 0 N–H and O–H groups in total. The highest BCUT2D eigenvalue weighted by Gasteiger charge is 2.37. The minimum Gasteiger partial charge on any atom is -0.338 e. The van der Waals surface area contributed by atoms with Gasteiger partial charge >= 0.3 is 6.18 Å². The molecule has 1 aliphatic heterocycles. The molecular formula is C11H9BrF3NO. The average molecular weight is 308 g/mol. The molecule has 17 heavy (non-hydrogen) atoms. The maximum Gasteiger partial charge on any atom is 0.417 e. The predicted octanol–water partition coefficient (Wildman–Crippen LogP) is 3.31. The Bertz CT molecular complexity index is 455. The van der Waals surface area contributed by atoms with E-state index in [1.807, 2.05) is 0 Å². The van der Waals surface area contributed by atoms with E-state index >= 15 is 0 Å². The van der Waals surface area contributed by atoms with Crippen LogP contribution < -0.4 is 0 Å². The fourth-order valence-corrected chi connectivity index (χ4v) is 2.19. The van der Waals surface area contributed by atoms with Gasteiger partial charge in [-0.25, -0.2) is 0 Å². The van der Waals surface area contributed by atoms with Crippen LogP contribution in [0.25, 0.3) is 0 Å². The summed E-state index contributed by atoms with van der Waals surface area (Å²) in [5.41, 5.74) is -1.18. The molecule has 0 spiro atoms. The largest absolute Gasteiger partial charge is 0.417 e. The first-order chi connectivity index (χ1) is 7.91. The van der Waals surface area contributed by atoms with Gasteiger partial charge in [-0.2, -0.15) is 13.2 Å². The summed E-state index contributed by atoms with van der Waals surface area (Å²) in [6.45, 7) is 1.05. The summed E-state index contributed by atoms with van der Waals surface area (Å²) in [7, 11) is 0. The molecule has 0 atom stereocenters. The van der Waals surface area contributed by atoms with Crippen LogP contribution in [0.15, 0.2) is 22.7 Å². The number of nitrogens with zero attached hydrogens (tertiary/aromatic N) is 1. The second kappa shape index (κ2) is 4.33. The first kappa shape index (κ1) is 12.4. The Labute approximate surface area is 105 Å². The third-order valence-electron chi connectivity index (χ3n) is 2.68. The maximum atomic E-state index is 12.8. The lowest BCUT2D eigenvalue weighted by Gasteiger charge is -2.32. The van der Waals surface area contributed by atoms with Crippen LogP contribution in [0.2, 0.25) is 0 Å². The lowest BCUT2D eigenvalue weighted by atomic mass is 10.0. The topological polar surface area (TPSA) is 20.3 Å². The Kier molecular flexibility index (Phi) is 3.16. The smallest absolute Gasteiger partial charge is 0.338 e. The summed E-state index contributed by atoms with van der Waals surface area (Å²) in [6.07, 6.45) is -3.67. The van der Waals surface area contributed by atoms with Crippen LogP contribution in [-0.2, 0) is 6.18 Å². The number of halogens is 4. The highest BCUT2D eigenvalue weighted by Crippen LogP contribution is 2.36. The monoisotopic (exact) mass is 307 g/mol. The van der Waals surface area contributed by atoms with Crippen LogP contribution in [0.4, 0.5) is 13.2 Å². The van der Waals surface area contributed by atoms with Crippen molar-refractivity contribution in [2.24, 2.45) is 0 Å². The minimum absolute atomic E-state index is 0.184. The van der Waals surface area contributed by atoms with Gasteiger partial charge in [0.05, 0.1) is 11.1 Å². The molecule has 1 aliphatic rings. The van der Waals surface area contributed by atoms with Crippen molar-refractivity contribution in [2.45, 2.75) is 12.6 Å². The number of alkyl halides is 3. The minimum atomic E-state index is -4.51. The quantitative estimate of drug-likeness (QED) is 0.779. The molecule has 0 radical (unpaired) electrons. The van der Waals surface area contributed by atoms with E-state index < -0.39 is 17.6 Å². The number of carbonyl (C=O) groups is 1. The molecule has 2 nitrogen and oxygen atoms in total. The third-order valence-corrected chi connectivity index (χ3v) is 3.34. The zero-order valence-corrected chi connectivity index (χ0v) is 10.3. The van der Waals surface area contributed by atoms with Crippen molar-refractivity contribution in [2.75, 3.05) is 13.1 Å². The molecule has 1 heterocycles. The Balaban J connectivity index is 2.47. The zero-order valence-electron chi connectivity index (χ0n) is 8.72. The summed E-state index contributed by atoms with van der Waals surface area (Å²) >= 11 is 3.01. The number of likely N-dealkylation sites (tertiary alicyclic amines) is 1. The Hall–Kier alpha value is -1.04. The van der Waals surface area contributed by atoms with E-state index in [2.05, 4.69) is 15.9 Å². The van der Waals surface area contributed by atoms with Crippen LogP contribution in [0.1, 0.15) is 22.3 Å². The van der Waals surface area contributed by atoms with Crippen LogP contribution in [0.3, 0.4) is 0 Å². The molecule has 2 rings (SSSR count). The van der Waals surface area contributed by atoms with Crippen LogP contribution >= 0.6 is 15.9 Å². The first-order valence-corrected chi connectivity index (χ1v) is 5.85. The van der Waals surface area contributed by atoms with E-state index in [0.29, 0.717) is 13.1 Å². The van der Waals surface area contributed by atoms with E-state index in [9.17, 15) is 18.0 Å². The Morgan fingerprint density at radius 1 is 1.29 bits per heavy atom. The van der Waals surface area contributed by atoms with E-state index in [0.717, 1.165) is 12.5 Å². The molecule has 0 aromatic heterocycles. The molecule has 1 aromatic carbocycles. The lowest BCUT2D eigenvalue weighted by Crippen LogP contribution is -2.42. The van der Waals surface area contributed by atoms with Gasteiger partial charge in [0.1, 0.15) is 0 Å². The van der Waals surface area contributed by atoms with Crippen molar-refractivity contribution in [3.8, 4) is 0 Å². The molecule has 0 bridgehead atoms. The zero-order chi connectivity index (χ0) is 12.6. The normalized spacial score (nSPS) is 15.6. The molecule has 0 unspecified atom stereocenters. The molecule has 0 saturated carbocycles. The van der Waals surface area contributed by atoms with Gasteiger partial charge in [0.25, 0.3) is 5.91 Å². The molecule has 1 amide bonds. The van der Waals surface area contributed by atoms with Gasteiger partial charge in [-0.15, -0.1) is 0 Å². The van der Waals surface area contributed by atoms with Crippen molar-refractivity contribution in [3.63, 3.8) is 0 Å². The summed E-state index contributed by atoms with van der Waals surface area (Å²) in [5.74, 6) is -0.559. The Morgan fingerprint density at radius 3 is 2.41 bits per heavy atom. The summed E-state index contributed by atoms with van der Waals surface area (Å²) in [6, 6.07) is 3.65. The fourth-order valence-electron chi connectivity index (χ4n) is 1.66. The van der Waals surface area contributed by atoms with Crippen LogP contribution in [-0.4, -0.2) is 23.9 Å². The van der Waals surface area contributed by atoms with Gasteiger partial charge in [-0.3, -0.25) is 4.79 Å². The van der Waals surface area contributed by atoms with Crippen molar-refractivity contribution in [3.05, 3.63) is 33.8 Å². The van der Waals surface area contributed by atoms with Gasteiger partial charge in [0.2, 0.25) is 0 Å². The molecule has 1 fully saturated rings. The highest BCUT2D eigenvalue weighted by molar-refractivity contribution is 9.10. The number of rotatable bonds is 1. The van der Waals surface area contributed by atoms with E-state index in [1.54, 1.807) is 0 Å². The van der Waals surface area contributed by atoms with Gasteiger partial charge in [0, 0.05) is 17.6 Å². The van der Waals surface area contributed by atoms with Crippen LogP contribution in [0, 0.1) is 0 Å².